The van der Waals surface area contributed by atoms with Gasteiger partial charge in [0.15, 0.2) is 0 Å². The van der Waals surface area contributed by atoms with E-state index in [4.69, 9.17) is 5.73 Å². The number of carbonyl (C=O) groups excluding carboxylic acids is 1. The van der Waals surface area contributed by atoms with E-state index >= 15 is 0 Å². The van der Waals surface area contributed by atoms with Crippen molar-refractivity contribution in [2.75, 3.05) is 17.2 Å². The van der Waals surface area contributed by atoms with Gasteiger partial charge in [-0.3, -0.25) is 4.79 Å². The highest BCUT2D eigenvalue weighted by molar-refractivity contribution is 6.05. The van der Waals surface area contributed by atoms with E-state index in [1.54, 1.807) is 18.2 Å². The maximum absolute atomic E-state index is 12.7. The fourth-order valence-corrected chi connectivity index (χ4v) is 2.70. The van der Waals surface area contributed by atoms with Gasteiger partial charge in [-0.2, -0.15) is 0 Å². The quantitative estimate of drug-likeness (QED) is 0.863. The van der Waals surface area contributed by atoms with E-state index in [-0.39, 0.29) is 5.91 Å². The number of hydrogen-bond acceptors (Lipinski definition) is 3. The zero-order valence-electron chi connectivity index (χ0n) is 11.4. The van der Waals surface area contributed by atoms with Crippen molar-refractivity contribution in [2.24, 2.45) is 5.92 Å². The number of nitrogen functional groups attached to an aromatic ring is 1. The molecular weight excluding hydrogens is 250 g/mol. The second-order valence-electron chi connectivity index (χ2n) is 5.30. The van der Waals surface area contributed by atoms with Crippen LogP contribution in [0.5, 0.6) is 0 Å². The second kappa shape index (κ2) is 4.96. The third-order valence-corrected chi connectivity index (χ3v) is 3.58. The highest BCUT2D eigenvalue weighted by atomic mass is 16.2. The molecule has 0 saturated heterocycles. The molecule has 1 atom stereocenters. The molecule has 2 N–H and O–H groups in total. The van der Waals surface area contributed by atoms with Gasteiger partial charge < -0.3 is 10.6 Å². The van der Waals surface area contributed by atoms with Gasteiger partial charge in [-0.15, -0.1) is 0 Å². The van der Waals surface area contributed by atoms with Gasteiger partial charge in [0.1, 0.15) is 11.5 Å². The minimum atomic E-state index is -0.0868. The lowest BCUT2D eigenvalue weighted by Crippen LogP contribution is -2.39. The van der Waals surface area contributed by atoms with Crippen molar-refractivity contribution in [3.63, 3.8) is 0 Å². The number of aromatic nitrogens is 1. The predicted octanol–water partition coefficient (Wildman–Crippen LogP) is 2.50. The Balaban J connectivity index is 2.00. The van der Waals surface area contributed by atoms with Gasteiger partial charge in [0.25, 0.3) is 5.91 Å². The van der Waals surface area contributed by atoms with Crippen LogP contribution in [0.25, 0.3) is 0 Å². The Morgan fingerprint density at radius 2 is 2.05 bits per heavy atom. The van der Waals surface area contributed by atoms with Crippen LogP contribution >= 0.6 is 0 Å². The Kier molecular flexibility index (Phi) is 3.14. The number of para-hydroxylation sites is 1. The van der Waals surface area contributed by atoms with Crippen LogP contribution in [-0.4, -0.2) is 17.4 Å². The summed E-state index contributed by atoms with van der Waals surface area (Å²) in [7, 11) is 0. The molecule has 0 radical (unpaired) electrons. The summed E-state index contributed by atoms with van der Waals surface area (Å²) in [6.45, 7) is 2.87. The summed E-state index contributed by atoms with van der Waals surface area (Å²) in [5, 5.41) is 0. The smallest absolute Gasteiger partial charge is 0.276 e. The molecule has 102 valence electrons. The van der Waals surface area contributed by atoms with Gasteiger partial charge in [-0.1, -0.05) is 31.2 Å². The van der Waals surface area contributed by atoms with E-state index in [2.05, 4.69) is 18.0 Å². The second-order valence-corrected chi connectivity index (χ2v) is 5.30. The highest BCUT2D eigenvalue weighted by Crippen LogP contribution is 2.30. The largest absolute Gasteiger partial charge is 0.384 e. The first kappa shape index (κ1) is 12.7. The first-order valence-corrected chi connectivity index (χ1v) is 6.77. The summed E-state index contributed by atoms with van der Waals surface area (Å²) in [6.07, 6.45) is 1.00. The van der Waals surface area contributed by atoms with Crippen molar-refractivity contribution >= 4 is 17.4 Å². The third-order valence-electron chi connectivity index (χ3n) is 3.58. The average molecular weight is 267 g/mol. The van der Waals surface area contributed by atoms with Crippen LogP contribution in [0.3, 0.4) is 0 Å². The van der Waals surface area contributed by atoms with E-state index in [1.165, 1.54) is 5.56 Å². The van der Waals surface area contributed by atoms with Crippen LogP contribution in [0.2, 0.25) is 0 Å². The summed E-state index contributed by atoms with van der Waals surface area (Å²) in [5.41, 5.74) is 8.26. The molecule has 20 heavy (non-hydrogen) atoms. The summed E-state index contributed by atoms with van der Waals surface area (Å²) in [4.78, 5) is 18.6. The molecule has 4 heteroatoms. The molecule has 1 amide bonds. The third kappa shape index (κ3) is 2.25. The molecule has 3 rings (SSSR count). The fraction of sp³-hybridized carbons (Fsp3) is 0.250. The summed E-state index contributed by atoms with van der Waals surface area (Å²) < 4.78 is 0. The first-order valence-electron chi connectivity index (χ1n) is 6.77. The molecular formula is C16H17N3O. The molecule has 1 aromatic carbocycles. The Bertz CT molecular complexity index is 654. The van der Waals surface area contributed by atoms with Gasteiger partial charge >= 0.3 is 0 Å². The molecule has 1 aliphatic heterocycles. The van der Waals surface area contributed by atoms with Crippen LogP contribution in [0.1, 0.15) is 23.0 Å². The van der Waals surface area contributed by atoms with Crippen molar-refractivity contribution in [1.82, 2.24) is 4.98 Å². The normalized spacial score (nSPS) is 17.6. The van der Waals surface area contributed by atoms with Crippen molar-refractivity contribution in [3.05, 3.63) is 53.7 Å². The number of amides is 1. The number of hydrogen-bond donors (Lipinski definition) is 1. The first-order chi connectivity index (χ1) is 9.65. The summed E-state index contributed by atoms with van der Waals surface area (Å²) >= 11 is 0. The van der Waals surface area contributed by atoms with Gasteiger partial charge in [0.2, 0.25) is 0 Å². The van der Waals surface area contributed by atoms with Crippen LogP contribution in [0.15, 0.2) is 42.5 Å². The number of pyridine rings is 1. The minimum Gasteiger partial charge on any atom is -0.384 e. The van der Waals surface area contributed by atoms with Gasteiger partial charge in [-0.25, -0.2) is 4.98 Å². The van der Waals surface area contributed by atoms with E-state index in [0.29, 0.717) is 24.0 Å². The Labute approximate surface area is 118 Å². The maximum Gasteiger partial charge on any atom is 0.276 e. The standard InChI is InChI=1S/C16H17N3O/c1-11-9-12-5-2-3-7-14(12)19(10-11)16(20)13-6-4-8-15(17)18-13/h2-8,11H,9-10H2,1H3,(H2,17,18). The SMILES string of the molecule is CC1Cc2ccccc2N(C(=O)c2cccc(N)n2)C1. The zero-order chi connectivity index (χ0) is 14.1. The predicted molar refractivity (Wildman–Crippen MR) is 79.6 cm³/mol. The molecule has 2 heterocycles. The fourth-order valence-electron chi connectivity index (χ4n) is 2.70. The molecule has 2 aromatic rings. The number of rotatable bonds is 1. The molecule has 0 spiro atoms. The van der Waals surface area contributed by atoms with Crippen LogP contribution in [0, 0.1) is 5.92 Å². The van der Waals surface area contributed by atoms with Gasteiger partial charge in [-0.05, 0) is 36.1 Å². The van der Waals surface area contributed by atoms with Gasteiger partial charge in [0, 0.05) is 12.2 Å². The number of nitrogens with two attached hydrogens (primary N) is 1. The highest BCUT2D eigenvalue weighted by Gasteiger charge is 2.27. The van der Waals surface area contributed by atoms with Crippen LogP contribution < -0.4 is 10.6 Å². The Morgan fingerprint density at radius 3 is 2.85 bits per heavy atom. The van der Waals surface area contributed by atoms with E-state index in [1.807, 2.05) is 23.1 Å². The molecule has 4 nitrogen and oxygen atoms in total. The maximum atomic E-state index is 12.7. The van der Waals surface area contributed by atoms with Crippen LogP contribution in [-0.2, 0) is 6.42 Å². The zero-order valence-corrected chi connectivity index (χ0v) is 11.4. The molecule has 0 fully saturated rings. The van der Waals surface area contributed by atoms with Crippen molar-refractivity contribution < 1.29 is 4.79 Å². The number of benzene rings is 1. The number of nitrogens with zero attached hydrogens (tertiary/aromatic N) is 2. The number of anilines is 2. The Hall–Kier alpha value is -2.36. The molecule has 1 unspecified atom stereocenters. The topological polar surface area (TPSA) is 59.2 Å². The molecule has 0 bridgehead atoms. The Morgan fingerprint density at radius 1 is 1.25 bits per heavy atom. The lowest BCUT2D eigenvalue weighted by molar-refractivity contribution is 0.0976. The van der Waals surface area contributed by atoms with E-state index in [9.17, 15) is 4.79 Å². The average Bonchev–Trinajstić information content (AvgIpc) is 2.45. The summed E-state index contributed by atoms with van der Waals surface area (Å²) in [5.74, 6) is 0.723. The molecule has 1 aromatic heterocycles. The van der Waals surface area contributed by atoms with Crippen molar-refractivity contribution in [3.8, 4) is 0 Å². The monoisotopic (exact) mass is 267 g/mol. The van der Waals surface area contributed by atoms with E-state index in [0.717, 1.165) is 12.1 Å². The number of fused-ring (bicyclic) bond motifs is 1. The number of carbonyl (C=O) groups is 1. The molecule has 1 aliphatic rings. The molecule has 0 aliphatic carbocycles. The summed E-state index contributed by atoms with van der Waals surface area (Å²) in [6, 6.07) is 13.2. The minimum absolute atomic E-state index is 0.0868. The lowest BCUT2D eigenvalue weighted by Gasteiger charge is -2.33. The van der Waals surface area contributed by atoms with Crippen LogP contribution in [0.4, 0.5) is 11.5 Å². The lowest BCUT2D eigenvalue weighted by atomic mass is 9.93. The molecule has 0 saturated carbocycles. The van der Waals surface area contributed by atoms with Crippen molar-refractivity contribution in [2.45, 2.75) is 13.3 Å². The van der Waals surface area contributed by atoms with Gasteiger partial charge in [0.05, 0.1) is 0 Å². The van der Waals surface area contributed by atoms with E-state index < -0.39 is 0 Å². The van der Waals surface area contributed by atoms with Crippen molar-refractivity contribution in [1.29, 1.82) is 0 Å².